The minimum Gasteiger partial charge on any atom is -0.486 e. The number of fused-ring (bicyclic) bond motifs is 1. The highest BCUT2D eigenvalue weighted by Crippen LogP contribution is 2.39. The van der Waals surface area contributed by atoms with Crippen LogP contribution in [0.4, 0.5) is 4.39 Å². The highest BCUT2D eigenvalue weighted by atomic mass is 32.2. The fraction of sp³-hybridized carbons (Fsp3) is 0.375. The fourth-order valence-corrected chi connectivity index (χ4v) is 5.20. The lowest BCUT2D eigenvalue weighted by Crippen LogP contribution is -2.10. The van der Waals surface area contributed by atoms with Gasteiger partial charge in [0.15, 0.2) is 26.4 Å². The number of pyridine rings is 1. The first kappa shape index (κ1) is 26.9. The highest BCUT2D eigenvalue weighted by molar-refractivity contribution is 8.15. The number of aromatic amines is 1. The molecule has 0 aliphatic carbocycles. The van der Waals surface area contributed by atoms with Gasteiger partial charge in [-0.1, -0.05) is 11.8 Å². The van der Waals surface area contributed by atoms with Crippen LogP contribution >= 0.6 is 11.8 Å². The number of sulfone groups is 1. The van der Waals surface area contributed by atoms with Crippen LogP contribution in [-0.2, 0) is 24.1 Å². The number of aliphatic imine (C=N–C) groups is 1. The van der Waals surface area contributed by atoms with Crippen molar-refractivity contribution in [1.82, 2.24) is 9.97 Å². The van der Waals surface area contributed by atoms with Gasteiger partial charge in [-0.3, -0.25) is 9.79 Å². The number of carbonyl (C=O) groups excluding carboxylic acids is 1. The van der Waals surface area contributed by atoms with E-state index in [1.807, 2.05) is 6.07 Å². The summed E-state index contributed by atoms with van der Waals surface area (Å²) in [5.74, 6) is -1.03. The van der Waals surface area contributed by atoms with E-state index < -0.39 is 15.7 Å². The number of nitrogens with zero attached hydrogens (tertiary/aromatic N) is 2. The van der Waals surface area contributed by atoms with Crippen LogP contribution in [0.15, 0.2) is 40.5 Å². The molecule has 0 saturated heterocycles. The molecular weight excluding hydrogens is 525 g/mol. The summed E-state index contributed by atoms with van der Waals surface area (Å²) in [5, 5.41) is 1.44. The van der Waals surface area contributed by atoms with E-state index >= 15 is 4.39 Å². The summed E-state index contributed by atoms with van der Waals surface area (Å²) in [6.07, 6.45) is 2.93. The molecule has 1 unspecified atom stereocenters. The Morgan fingerprint density at radius 2 is 2.05 bits per heavy atom. The normalized spacial score (nSPS) is 15.6. The largest absolute Gasteiger partial charge is 0.486 e. The molecule has 0 amide bonds. The molecule has 10 nitrogen and oxygen atoms in total. The molecule has 1 aromatic carbocycles. The minimum absolute atomic E-state index is 0.0356. The molecule has 0 radical (unpaired) electrons. The molecule has 198 valence electrons. The molecule has 1 aliphatic rings. The second kappa shape index (κ2) is 11.5. The first-order valence-corrected chi connectivity index (χ1v) is 14.1. The zero-order chi connectivity index (χ0) is 26.6. The van der Waals surface area contributed by atoms with Crippen molar-refractivity contribution in [1.29, 1.82) is 0 Å². The number of ether oxygens (including phenoxy) is 4. The lowest BCUT2D eigenvalue weighted by molar-refractivity contribution is -0.141. The molecule has 1 N–H and O–H groups in total. The Kier molecular flexibility index (Phi) is 8.35. The van der Waals surface area contributed by atoms with E-state index in [1.165, 1.54) is 38.4 Å². The predicted molar refractivity (Wildman–Crippen MR) is 137 cm³/mol. The molecule has 4 rings (SSSR count). The SMILES string of the molecule is COCCOc1c(F)c(Oc2ccc(S(C)(=O)=O)nc2)cc2cc(C3=NCC(CCOC(C)=O)S3)[nH]c12. The Morgan fingerprint density at radius 1 is 1.24 bits per heavy atom. The van der Waals surface area contributed by atoms with Gasteiger partial charge < -0.3 is 23.9 Å². The van der Waals surface area contributed by atoms with E-state index in [0.29, 0.717) is 36.2 Å². The Labute approximate surface area is 217 Å². The average Bonchev–Trinajstić information content (AvgIpc) is 3.48. The number of hydrogen-bond acceptors (Lipinski definition) is 10. The third-order valence-corrected chi connectivity index (χ3v) is 7.61. The summed E-state index contributed by atoms with van der Waals surface area (Å²) in [6.45, 7) is 2.64. The summed E-state index contributed by atoms with van der Waals surface area (Å²) in [5.41, 5.74) is 1.13. The van der Waals surface area contributed by atoms with Gasteiger partial charge in [0.2, 0.25) is 5.82 Å². The number of carbonyl (C=O) groups is 1. The van der Waals surface area contributed by atoms with Crippen LogP contribution in [0, 0.1) is 5.82 Å². The van der Waals surface area contributed by atoms with Crippen LogP contribution in [0.25, 0.3) is 10.9 Å². The second-order valence-corrected chi connectivity index (χ2v) is 11.5. The maximum absolute atomic E-state index is 15.5. The predicted octanol–water partition coefficient (Wildman–Crippen LogP) is 3.74. The number of H-pyrrole nitrogens is 1. The van der Waals surface area contributed by atoms with Crippen molar-refractivity contribution in [2.75, 3.05) is 39.7 Å². The van der Waals surface area contributed by atoms with E-state index in [1.54, 1.807) is 11.8 Å². The Balaban J connectivity index is 1.61. The molecule has 13 heteroatoms. The first-order valence-electron chi connectivity index (χ1n) is 11.3. The maximum atomic E-state index is 15.5. The zero-order valence-electron chi connectivity index (χ0n) is 20.4. The van der Waals surface area contributed by atoms with Gasteiger partial charge >= 0.3 is 5.97 Å². The molecule has 37 heavy (non-hydrogen) atoms. The van der Waals surface area contributed by atoms with E-state index in [-0.39, 0.29) is 46.7 Å². The van der Waals surface area contributed by atoms with E-state index in [0.717, 1.165) is 11.3 Å². The Bertz CT molecular complexity index is 1420. The van der Waals surface area contributed by atoms with Gasteiger partial charge in [-0.25, -0.2) is 13.4 Å². The monoisotopic (exact) mass is 551 g/mol. The third kappa shape index (κ3) is 6.59. The van der Waals surface area contributed by atoms with Crippen LogP contribution < -0.4 is 9.47 Å². The molecule has 0 bridgehead atoms. The van der Waals surface area contributed by atoms with Gasteiger partial charge in [0, 0.05) is 30.9 Å². The lowest BCUT2D eigenvalue weighted by Gasteiger charge is -2.12. The topological polar surface area (TPSA) is 129 Å². The molecule has 0 saturated carbocycles. The second-order valence-electron chi connectivity index (χ2n) is 8.23. The molecule has 0 spiro atoms. The van der Waals surface area contributed by atoms with Crippen molar-refractivity contribution in [2.24, 2.45) is 4.99 Å². The van der Waals surface area contributed by atoms with Crippen molar-refractivity contribution in [3.05, 3.63) is 42.0 Å². The summed E-state index contributed by atoms with van der Waals surface area (Å²) < 4.78 is 60.3. The number of halogens is 1. The van der Waals surface area contributed by atoms with E-state index in [2.05, 4.69) is 15.0 Å². The van der Waals surface area contributed by atoms with Crippen molar-refractivity contribution < 1.29 is 36.6 Å². The molecular formula is C24H26FN3O7S2. The summed E-state index contributed by atoms with van der Waals surface area (Å²) in [4.78, 5) is 22.7. The van der Waals surface area contributed by atoms with Crippen molar-refractivity contribution in [3.63, 3.8) is 0 Å². The fourth-order valence-electron chi connectivity index (χ4n) is 3.57. The Hall–Kier alpha value is -3.16. The van der Waals surface area contributed by atoms with Crippen molar-refractivity contribution in [2.45, 2.75) is 23.6 Å². The van der Waals surface area contributed by atoms with Gasteiger partial charge in [0.1, 0.15) is 17.4 Å². The minimum atomic E-state index is -3.48. The van der Waals surface area contributed by atoms with Gasteiger partial charge in [-0.05, 0) is 30.7 Å². The molecule has 3 aromatic rings. The number of methoxy groups -OCH3 is 1. The Morgan fingerprint density at radius 3 is 2.73 bits per heavy atom. The van der Waals surface area contributed by atoms with Crippen LogP contribution in [0.1, 0.15) is 19.0 Å². The maximum Gasteiger partial charge on any atom is 0.302 e. The highest BCUT2D eigenvalue weighted by Gasteiger charge is 2.25. The van der Waals surface area contributed by atoms with Gasteiger partial charge in [0.25, 0.3) is 0 Å². The van der Waals surface area contributed by atoms with Crippen LogP contribution in [0.3, 0.4) is 0 Å². The standard InChI is InChI=1S/C24H26FN3O7S2/c1-14(29)33-7-6-17-13-27-24(36-17)18-10-15-11-19(21(25)23(22(15)28-18)34-9-8-32-2)35-16-4-5-20(26-12-16)37(3,30)31/h4-5,10-12,17,28H,6-9,13H2,1-3H3. The van der Waals surface area contributed by atoms with Crippen molar-refractivity contribution >= 4 is 43.5 Å². The molecule has 3 heterocycles. The number of hydrogen-bond donors (Lipinski definition) is 1. The zero-order valence-corrected chi connectivity index (χ0v) is 22.1. The number of benzene rings is 1. The average molecular weight is 552 g/mol. The summed E-state index contributed by atoms with van der Waals surface area (Å²) in [7, 11) is -1.96. The van der Waals surface area contributed by atoms with E-state index in [9.17, 15) is 13.2 Å². The third-order valence-electron chi connectivity index (χ3n) is 5.32. The summed E-state index contributed by atoms with van der Waals surface area (Å²) in [6, 6.07) is 6.05. The number of thioether (sulfide) groups is 1. The smallest absolute Gasteiger partial charge is 0.302 e. The molecule has 1 atom stereocenters. The lowest BCUT2D eigenvalue weighted by atomic mass is 10.2. The molecule has 2 aromatic heterocycles. The van der Waals surface area contributed by atoms with Gasteiger partial charge in [-0.2, -0.15) is 4.39 Å². The summed E-state index contributed by atoms with van der Waals surface area (Å²) >= 11 is 1.56. The van der Waals surface area contributed by atoms with Gasteiger partial charge in [0.05, 0.1) is 37.2 Å². The number of rotatable bonds is 11. The van der Waals surface area contributed by atoms with Crippen LogP contribution in [0.2, 0.25) is 0 Å². The van der Waals surface area contributed by atoms with E-state index in [4.69, 9.17) is 18.9 Å². The van der Waals surface area contributed by atoms with Gasteiger partial charge in [-0.15, -0.1) is 0 Å². The van der Waals surface area contributed by atoms with Crippen LogP contribution in [0.5, 0.6) is 17.2 Å². The van der Waals surface area contributed by atoms with Crippen molar-refractivity contribution in [3.8, 4) is 17.2 Å². The molecule has 0 fully saturated rings. The first-order chi connectivity index (χ1) is 17.7. The molecule has 1 aliphatic heterocycles. The number of aromatic nitrogens is 2. The number of esters is 1. The number of nitrogens with one attached hydrogen (secondary N) is 1. The quantitative estimate of drug-likeness (QED) is 0.280. The van der Waals surface area contributed by atoms with Crippen LogP contribution in [-0.4, -0.2) is 74.4 Å².